The zero-order valence-corrected chi connectivity index (χ0v) is 15.1. The first-order valence-corrected chi connectivity index (χ1v) is 9.35. The third kappa shape index (κ3) is 2.94. The summed E-state index contributed by atoms with van der Waals surface area (Å²) in [6.45, 7) is 2.06. The lowest BCUT2D eigenvalue weighted by Gasteiger charge is -2.14. The summed E-state index contributed by atoms with van der Waals surface area (Å²) in [5.74, 6) is 6.18. The van der Waals surface area contributed by atoms with Crippen LogP contribution in [-0.2, 0) is 6.42 Å². The molecule has 3 nitrogen and oxygen atoms in total. The lowest BCUT2D eigenvalue weighted by molar-refractivity contribution is 0.889. The van der Waals surface area contributed by atoms with Gasteiger partial charge in [-0.3, -0.25) is 9.36 Å². The molecule has 126 valence electrons. The fourth-order valence-electron chi connectivity index (χ4n) is 3.05. The summed E-state index contributed by atoms with van der Waals surface area (Å²) < 4.78 is 1.79. The monoisotopic (exact) mass is 356 g/mol. The van der Waals surface area contributed by atoms with Crippen molar-refractivity contribution >= 4 is 22.1 Å². The van der Waals surface area contributed by atoms with Crippen LogP contribution in [0.1, 0.15) is 23.9 Å². The summed E-state index contributed by atoms with van der Waals surface area (Å²) in [7, 11) is 0. The van der Waals surface area contributed by atoms with Crippen LogP contribution in [0.3, 0.4) is 0 Å². The fraction of sp³-hybridized carbons (Fsp3) is 0.0909. The molecule has 0 aliphatic heterocycles. The zero-order chi connectivity index (χ0) is 17.9. The van der Waals surface area contributed by atoms with E-state index in [9.17, 15) is 4.79 Å². The van der Waals surface area contributed by atoms with Crippen molar-refractivity contribution in [2.24, 2.45) is 0 Å². The SMILES string of the molecule is CCc1cc2cccc(C#Cc3cscn3)c2c(=O)n1-c1ccccc1. The Hall–Kier alpha value is -3.16. The molecule has 0 fully saturated rings. The highest BCUT2D eigenvalue weighted by molar-refractivity contribution is 7.07. The largest absolute Gasteiger partial charge is 0.281 e. The van der Waals surface area contributed by atoms with Crippen LogP contribution in [0, 0.1) is 11.8 Å². The van der Waals surface area contributed by atoms with Crippen molar-refractivity contribution in [3.63, 3.8) is 0 Å². The molecule has 26 heavy (non-hydrogen) atoms. The maximum absolute atomic E-state index is 13.4. The number of hydrogen-bond donors (Lipinski definition) is 0. The van der Waals surface area contributed by atoms with Crippen LogP contribution in [0.2, 0.25) is 0 Å². The summed E-state index contributed by atoms with van der Waals surface area (Å²) in [4.78, 5) is 17.6. The van der Waals surface area contributed by atoms with E-state index in [-0.39, 0.29) is 5.56 Å². The molecule has 2 aromatic carbocycles. The van der Waals surface area contributed by atoms with Crippen molar-refractivity contribution in [2.45, 2.75) is 13.3 Å². The van der Waals surface area contributed by atoms with Gasteiger partial charge >= 0.3 is 0 Å². The van der Waals surface area contributed by atoms with E-state index < -0.39 is 0 Å². The molecule has 0 bridgehead atoms. The van der Waals surface area contributed by atoms with Gasteiger partial charge in [-0.05, 0) is 42.0 Å². The van der Waals surface area contributed by atoms with E-state index in [2.05, 4.69) is 29.8 Å². The summed E-state index contributed by atoms with van der Waals surface area (Å²) in [6, 6.07) is 17.6. The molecule has 0 N–H and O–H groups in total. The Balaban J connectivity index is 2.00. The number of rotatable bonds is 2. The molecule has 4 rings (SSSR count). The third-order valence-corrected chi connectivity index (χ3v) is 4.84. The Labute approximate surface area is 155 Å². The number of pyridine rings is 1. The number of aromatic nitrogens is 2. The molecule has 0 aliphatic rings. The van der Waals surface area contributed by atoms with Crippen LogP contribution in [0.4, 0.5) is 0 Å². The normalized spacial score (nSPS) is 10.5. The standard InChI is InChI=1S/C22H16N2OS/c1-2-19-13-17-8-6-7-16(11-12-18-14-26-15-23-18)21(17)22(25)24(19)20-9-4-3-5-10-20/h3-10,13-15H,2H2,1H3. The Morgan fingerprint density at radius 1 is 1.08 bits per heavy atom. The Bertz CT molecular complexity index is 1180. The van der Waals surface area contributed by atoms with Gasteiger partial charge in [-0.15, -0.1) is 11.3 Å². The molecule has 4 aromatic rings. The van der Waals surface area contributed by atoms with Gasteiger partial charge in [0.25, 0.3) is 5.56 Å². The minimum Gasteiger partial charge on any atom is -0.281 e. The molecule has 0 unspecified atom stereocenters. The molecule has 2 heterocycles. The first-order chi connectivity index (χ1) is 12.8. The van der Waals surface area contributed by atoms with Crippen LogP contribution >= 0.6 is 11.3 Å². The fourth-order valence-corrected chi connectivity index (χ4v) is 3.53. The number of fused-ring (bicyclic) bond motifs is 1. The third-order valence-electron chi connectivity index (χ3n) is 4.26. The highest BCUT2D eigenvalue weighted by Gasteiger charge is 2.12. The first-order valence-electron chi connectivity index (χ1n) is 8.41. The van der Waals surface area contributed by atoms with Gasteiger partial charge in [0.15, 0.2) is 0 Å². The Morgan fingerprint density at radius 3 is 2.65 bits per heavy atom. The summed E-state index contributed by atoms with van der Waals surface area (Å²) in [5.41, 5.74) is 5.03. The van der Waals surface area contributed by atoms with E-state index in [1.165, 1.54) is 11.3 Å². The molecule has 0 aliphatic carbocycles. The van der Waals surface area contributed by atoms with Crippen LogP contribution in [0.25, 0.3) is 16.5 Å². The molecule has 4 heteroatoms. The van der Waals surface area contributed by atoms with Gasteiger partial charge < -0.3 is 0 Å². The number of para-hydroxylation sites is 1. The van der Waals surface area contributed by atoms with Gasteiger partial charge in [0.1, 0.15) is 5.69 Å². The van der Waals surface area contributed by atoms with E-state index in [4.69, 9.17) is 0 Å². The van der Waals surface area contributed by atoms with Crippen molar-refractivity contribution in [2.75, 3.05) is 0 Å². The highest BCUT2D eigenvalue weighted by atomic mass is 32.1. The van der Waals surface area contributed by atoms with Gasteiger partial charge in [-0.25, -0.2) is 4.98 Å². The first kappa shape index (κ1) is 16.3. The number of benzene rings is 2. The molecular formula is C22H16N2OS. The van der Waals surface area contributed by atoms with Gasteiger partial charge in [0, 0.05) is 22.3 Å². The minimum absolute atomic E-state index is 0.0336. The number of aryl methyl sites for hydroxylation is 1. The van der Waals surface area contributed by atoms with Gasteiger partial charge in [-0.1, -0.05) is 43.2 Å². The molecule has 0 radical (unpaired) electrons. The van der Waals surface area contributed by atoms with E-state index in [1.807, 2.05) is 53.9 Å². The van der Waals surface area contributed by atoms with E-state index in [0.717, 1.165) is 34.4 Å². The van der Waals surface area contributed by atoms with Gasteiger partial charge in [0.05, 0.1) is 10.9 Å². The van der Waals surface area contributed by atoms with Gasteiger partial charge in [-0.2, -0.15) is 0 Å². The zero-order valence-electron chi connectivity index (χ0n) is 14.3. The minimum atomic E-state index is -0.0336. The maximum atomic E-state index is 13.4. The molecule has 0 atom stereocenters. The molecule has 0 saturated carbocycles. The number of thiazole rings is 1. The van der Waals surface area contributed by atoms with Crippen LogP contribution in [0.5, 0.6) is 0 Å². The van der Waals surface area contributed by atoms with Crippen molar-refractivity contribution in [1.82, 2.24) is 9.55 Å². The van der Waals surface area contributed by atoms with Crippen molar-refractivity contribution in [3.05, 3.63) is 92.8 Å². The quantitative estimate of drug-likeness (QED) is 0.499. The van der Waals surface area contributed by atoms with Crippen molar-refractivity contribution in [1.29, 1.82) is 0 Å². The van der Waals surface area contributed by atoms with Crippen LogP contribution in [0.15, 0.2) is 70.3 Å². The maximum Gasteiger partial charge on any atom is 0.264 e. The lowest BCUT2D eigenvalue weighted by Crippen LogP contribution is -2.22. The molecule has 0 saturated heterocycles. The topological polar surface area (TPSA) is 34.9 Å². The van der Waals surface area contributed by atoms with E-state index >= 15 is 0 Å². The second-order valence-corrected chi connectivity index (χ2v) is 6.58. The molecule has 0 spiro atoms. The van der Waals surface area contributed by atoms with E-state index in [1.54, 1.807) is 10.1 Å². The predicted octanol–water partition coefficient (Wildman–Crippen LogP) is 4.41. The smallest absolute Gasteiger partial charge is 0.264 e. The summed E-state index contributed by atoms with van der Waals surface area (Å²) >= 11 is 1.51. The lowest BCUT2D eigenvalue weighted by atomic mass is 10.0. The average Bonchev–Trinajstić information content (AvgIpc) is 3.20. The van der Waals surface area contributed by atoms with Crippen LogP contribution < -0.4 is 5.56 Å². The predicted molar refractivity (Wildman–Crippen MR) is 107 cm³/mol. The van der Waals surface area contributed by atoms with E-state index in [0.29, 0.717) is 5.39 Å². The number of nitrogens with zero attached hydrogens (tertiary/aromatic N) is 2. The molecule has 2 aromatic heterocycles. The van der Waals surface area contributed by atoms with Gasteiger partial charge in [0.2, 0.25) is 0 Å². The highest BCUT2D eigenvalue weighted by Crippen LogP contribution is 2.19. The second kappa shape index (κ2) is 6.99. The van der Waals surface area contributed by atoms with Crippen molar-refractivity contribution < 1.29 is 0 Å². The molecular weight excluding hydrogens is 340 g/mol. The Morgan fingerprint density at radius 2 is 1.92 bits per heavy atom. The summed E-state index contributed by atoms with van der Waals surface area (Å²) in [6.07, 6.45) is 0.773. The van der Waals surface area contributed by atoms with Crippen LogP contribution in [-0.4, -0.2) is 9.55 Å². The number of hydrogen-bond acceptors (Lipinski definition) is 3. The average molecular weight is 356 g/mol. The summed E-state index contributed by atoms with van der Waals surface area (Å²) in [5, 5.41) is 3.47. The molecule has 0 amide bonds. The van der Waals surface area contributed by atoms with Crippen molar-refractivity contribution in [3.8, 4) is 17.5 Å². The Kier molecular flexibility index (Phi) is 4.39. The second-order valence-electron chi connectivity index (χ2n) is 5.86.